The van der Waals surface area contributed by atoms with Crippen molar-refractivity contribution in [1.82, 2.24) is 4.90 Å². The van der Waals surface area contributed by atoms with E-state index in [1.807, 2.05) is 0 Å². The van der Waals surface area contributed by atoms with Gasteiger partial charge >= 0.3 is 0 Å². The average Bonchev–Trinajstić information content (AvgIpc) is 2.15. The first-order valence-corrected chi connectivity index (χ1v) is 7.74. The highest BCUT2D eigenvalue weighted by Gasteiger charge is 2.11. The highest BCUT2D eigenvalue weighted by molar-refractivity contribution is 8.13. The van der Waals surface area contributed by atoms with E-state index in [9.17, 15) is 0 Å². The van der Waals surface area contributed by atoms with Crippen LogP contribution in [0.1, 0.15) is 12.8 Å². The second-order valence-corrected chi connectivity index (χ2v) is 4.60. The lowest BCUT2D eigenvalue weighted by Crippen LogP contribution is -2.33. The minimum absolute atomic E-state index is 0.680. The van der Waals surface area contributed by atoms with E-state index in [-0.39, 0.29) is 0 Å². The Morgan fingerprint density at radius 3 is 2.57 bits per heavy atom. The van der Waals surface area contributed by atoms with E-state index in [1.54, 1.807) is 11.8 Å². The van der Waals surface area contributed by atoms with Crippen molar-refractivity contribution in [2.24, 2.45) is 4.76 Å². The van der Waals surface area contributed by atoms with Crippen LogP contribution in [0.2, 0.25) is 0 Å². The van der Waals surface area contributed by atoms with Gasteiger partial charge in [-0.15, -0.1) is 0 Å². The highest BCUT2D eigenvalue weighted by Crippen LogP contribution is 2.12. The van der Waals surface area contributed by atoms with Crippen LogP contribution in [0.25, 0.3) is 0 Å². The summed E-state index contributed by atoms with van der Waals surface area (Å²) in [5, 5.41) is 1.07. The van der Waals surface area contributed by atoms with Crippen LogP contribution in [0, 0.1) is 0 Å². The molecule has 0 N–H and O–H groups in total. The molecule has 6 heteroatoms. The van der Waals surface area contributed by atoms with Crippen LogP contribution in [0.15, 0.2) is 4.76 Å². The Morgan fingerprint density at radius 1 is 1.43 bits per heavy atom. The number of hydrogen-bond acceptors (Lipinski definition) is 3. The maximum atomic E-state index is 5.40. The number of amidine groups is 1. The predicted octanol–water partition coefficient (Wildman–Crippen LogP) is 2.14. The maximum absolute atomic E-state index is 5.40. The van der Waals surface area contributed by atoms with Crippen LogP contribution in [0.4, 0.5) is 0 Å². The topological polar surface area (TPSA) is 24.8 Å². The molecule has 14 heavy (non-hydrogen) atoms. The molecule has 1 aliphatic rings. The first-order chi connectivity index (χ1) is 6.88. The van der Waals surface area contributed by atoms with E-state index in [2.05, 4.69) is 15.9 Å². The predicted molar refractivity (Wildman–Crippen MR) is 66.9 cm³/mol. The van der Waals surface area contributed by atoms with E-state index < -0.39 is 0 Å². The molecule has 0 radical (unpaired) electrons. The SMILES string of the molecule is CSC(=NP=S)N1CCCOCCC1. The zero-order chi connectivity index (χ0) is 10.2. The number of hydrogen-bond donors (Lipinski definition) is 0. The first-order valence-electron chi connectivity index (χ1n) is 4.65. The molecule has 0 saturated carbocycles. The summed E-state index contributed by atoms with van der Waals surface area (Å²) < 4.78 is 9.69. The monoisotopic (exact) mass is 250 g/mol. The van der Waals surface area contributed by atoms with Crippen molar-refractivity contribution < 1.29 is 4.74 Å². The Labute approximate surface area is 96.2 Å². The van der Waals surface area contributed by atoms with Gasteiger partial charge in [-0.1, -0.05) is 11.8 Å². The second kappa shape index (κ2) is 7.57. The normalized spacial score (nSPS) is 20.6. The fraction of sp³-hybridized carbons (Fsp3) is 0.875. The highest BCUT2D eigenvalue weighted by atomic mass is 32.4. The molecule has 0 aromatic heterocycles. The van der Waals surface area contributed by atoms with Gasteiger partial charge in [0.15, 0.2) is 5.17 Å². The molecule has 0 aromatic carbocycles. The molecule has 0 spiro atoms. The van der Waals surface area contributed by atoms with Gasteiger partial charge in [0, 0.05) is 26.3 Å². The lowest BCUT2D eigenvalue weighted by Gasteiger charge is -2.26. The van der Waals surface area contributed by atoms with Gasteiger partial charge in [0.25, 0.3) is 0 Å². The third-order valence-electron chi connectivity index (χ3n) is 2.01. The summed E-state index contributed by atoms with van der Waals surface area (Å²) in [4.78, 5) is 2.31. The standard InChI is InChI=1S/C8H15N2OPS2/c1-14-8(9-12-13)10-4-2-6-11-7-3-5-10/h2-7H2,1H3. The van der Waals surface area contributed by atoms with Crippen LogP contribution in [-0.4, -0.2) is 42.6 Å². The molecular weight excluding hydrogens is 235 g/mol. The van der Waals surface area contributed by atoms with Gasteiger partial charge in [-0.05, 0) is 30.9 Å². The quantitative estimate of drug-likeness (QED) is 0.404. The van der Waals surface area contributed by atoms with E-state index in [4.69, 9.17) is 16.5 Å². The third kappa shape index (κ3) is 4.22. The summed E-state index contributed by atoms with van der Waals surface area (Å²) in [5.74, 6) is 0. The van der Waals surface area contributed by atoms with Gasteiger partial charge in [0.05, 0.1) is 0 Å². The molecule has 0 aliphatic carbocycles. The Bertz CT molecular complexity index is 206. The van der Waals surface area contributed by atoms with E-state index in [1.165, 1.54) is 0 Å². The van der Waals surface area contributed by atoms with Crippen molar-refractivity contribution in [3.8, 4) is 0 Å². The van der Waals surface area contributed by atoms with Gasteiger partial charge in [0.2, 0.25) is 0 Å². The van der Waals surface area contributed by atoms with Gasteiger partial charge in [0.1, 0.15) is 7.51 Å². The van der Waals surface area contributed by atoms with Crippen molar-refractivity contribution in [3.05, 3.63) is 0 Å². The lowest BCUT2D eigenvalue weighted by molar-refractivity contribution is 0.106. The molecule has 80 valence electrons. The average molecular weight is 250 g/mol. The number of ether oxygens (including phenoxy) is 1. The summed E-state index contributed by atoms with van der Waals surface area (Å²) in [6.45, 7) is 3.79. The van der Waals surface area contributed by atoms with Crippen LogP contribution < -0.4 is 0 Å². The number of rotatable bonds is 1. The second-order valence-electron chi connectivity index (χ2n) is 2.97. The zero-order valence-electron chi connectivity index (χ0n) is 8.31. The van der Waals surface area contributed by atoms with Crippen LogP contribution >= 0.6 is 19.3 Å². The van der Waals surface area contributed by atoms with Crippen molar-refractivity contribution in [3.63, 3.8) is 0 Å². The van der Waals surface area contributed by atoms with E-state index in [0.29, 0.717) is 7.51 Å². The molecule has 3 nitrogen and oxygen atoms in total. The van der Waals surface area contributed by atoms with Crippen molar-refractivity contribution >= 4 is 36.2 Å². The Morgan fingerprint density at radius 2 is 2.07 bits per heavy atom. The zero-order valence-corrected chi connectivity index (χ0v) is 10.8. The summed E-state index contributed by atoms with van der Waals surface area (Å²) in [5.41, 5.74) is 0. The Hall–Kier alpha value is 0.300. The Balaban J connectivity index is 2.52. The Kier molecular flexibility index (Phi) is 6.69. The third-order valence-corrected chi connectivity index (χ3v) is 3.38. The maximum Gasteiger partial charge on any atom is 0.168 e. The molecular formula is C8H15N2OPS2. The van der Waals surface area contributed by atoms with Crippen LogP contribution in [0.3, 0.4) is 0 Å². The van der Waals surface area contributed by atoms with E-state index >= 15 is 0 Å². The summed E-state index contributed by atoms with van der Waals surface area (Å²) in [7, 11) is 0.680. The molecule has 0 bridgehead atoms. The number of thioether (sulfide) groups is 1. The molecule has 1 aliphatic heterocycles. The smallest absolute Gasteiger partial charge is 0.168 e. The van der Waals surface area contributed by atoms with E-state index in [0.717, 1.165) is 44.3 Å². The molecule has 0 amide bonds. The molecule has 1 fully saturated rings. The molecule has 1 rings (SSSR count). The molecule has 1 saturated heterocycles. The van der Waals surface area contributed by atoms with Gasteiger partial charge in [-0.25, -0.2) is 0 Å². The first kappa shape index (κ1) is 12.4. The largest absolute Gasteiger partial charge is 0.381 e. The minimum atomic E-state index is 0.680. The summed E-state index contributed by atoms with van der Waals surface area (Å²) >= 11 is 6.52. The molecule has 0 unspecified atom stereocenters. The lowest BCUT2D eigenvalue weighted by atomic mass is 10.3. The fourth-order valence-corrected chi connectivity index (χ4v) is 2.86. The van der Waals surface area contributed by atoms with Gasteiger partial charge < -0.3 is 9.64 Å². The van der Waals surface area contributed by atoms with Crippen molar-refractivity contribution in [2.45, 2.75) is 12.8 Å². The molecule has 1 heterocycles. The van der Waals surface area contributed by atoms with Crippen LogP contribution in [-0.2, 0) is 16.5 Å². The van der Waals surface area contributed by atoms with Gasteiger partial charge in [-0.2, -0.15) is 4.76 Å². The van der Waals surface area contributed by atoms with Gasteiger partial charge in [-0.3, -0.25) is 0 Å². The van der Waals surface area contributed by atoms with Crippen molar-refractivity contribution in [1.29, 1.82) is 0 Å². The fourth-order valence-electron chi connectivity index (χ4n) is 1.39. The molecule has 0 atom stereocenters. The molecule has 0 aromatic rings. The van der Waals surface area contributed by atoms with Crippen molar-refractivity contribution in [2.75, 3.05) is 32.6 Å². The van der Waals surface area contributed by atoms with Crippen LogP contribution in [0.5, 0.6) is 0 Å². The number of nitrogens with zero attached hydrogens (tertiary/aromatic N) is 2. The summed E-state index contributed by atoms with van der Waals surface area (Å²) in [6, 6.07) is 0. The minimum Gasteiger partial charge on any atom is -0.381 e. The summed E-state index contributed by atoms with van der Waals surface area (Å²) in [6.07, 6.45) is 4.20.